The van der Waals surface area contributed by atoms with E-state index < -0.39 is 16.5 Å². The number of amides is 1. The predicted molar refractivity (Wildman–Crippen MR) is 65.3 cm³/mol. The van der Waals surface area contributed by atoms with Crippen molar-refractivity contribution in [2.24, 2.45) is 0 Å². The highest BCUT2D eigenvalue weighted by Gasteiger charge is 2.25. The van der Waals surface area contributed by atoms with Gasteiger partial charge in [0.25, 0.3) is 5.91 Å². The molecule has 0 fully saturated rings. The van der Waals surface area contributed by atoms with Gasteiger partial charge in [-0.1, -0.05) is 17.7 Å². The zero-order valence-corrected chi connectivity index (χ0v) is 10.3. The average molecular weight is 268 g/mol. The molecular formula is C11H10ClN3O3. The van der Waals surface area contributed by atoms with Crippen molar-refractivity contribution < 1.29 is 9.72 Å². The van der Waals surface area contributed by atoms with Crippen LogP contribution in [-0.4, -0.2) is 29.3 Å². The number of carbonyl (C=O) groups is 1. The molecule has 6 nitrogen and oxygen atoms in total. The maximum absolute atomic E-state index is 12.0. The first-order valence-corrected chi connectivity index (χ1v) is 5.42. The van der Waals surface area contributed by atoms with Gasteiger partial charge in [-0.25, -0.2) is 0 Å². The molecule has 0 aliphatic heterocycles. The van der Waals surface area contributed by atoms with E-state index in [-0.39, 0.29) is 23.6 Å². The van der Waals surface area contributed by atoms with E-state index in [2.05, 4.69) is 0 Å². The van der Waals surface area contributed by atoms with Crippen LogP contribution >= 0.6 is 11.6 Å². The Morgan fingerprint density at radius 3 is 2.83 bits per heavy atom. The first kappa shape index (κ1) is 13.9. The van der Waals surface area contributed by atoms with E-state index in [1.807, 2.05) is 6.07 Å². The number of nitro groups is 1. The number of nitriles is 1. The molecule has 0 unspecified atom stereocenters. The predicted octanol–water partition coefficient (Wildman–Crippen LogP) is 2.23. The molecule has 1 aromatic rings. The van der Waals surface area contributed by atoms with E-state index >= 15 is 0 Å². The first-order valence-electron chi connectivity index (χ1n) is 5.04. The second kappa shape index (κ2) is 5.98. The van der Waals surface area contributed by atoms with Crippen molar-refractivity contribution in [3.05, 3.63) is 38.9 Å². The molecule has 1 amide bonds. The monoisotopic (exact) mass is 267 g/mol. The van der Waals surface area contributed by atoms with Gasteiger partial charge in [-0.05, 0) is 12.1 Å². The van der Waals surface area contributed by atoms with E-state index in [1.54, 1.807) is 0 Å². The summed E-state index contributed by atoms with van der Waals surface area (Å²) in [6.45, 7) is 0.207. The molecule has 0 atom stereocenters. The molecule has 1 aromatic carbocycles. The van der Waals surface area contributed by atoms with E-state index in [4.69, 9.17) is 16.9 Å². The summed E-state index contributed by atoms with van der Waals surface area (Å²) in [5.74, 6) is -0.528. The van der Waals surface area contributed by atoms with E-state index in [0.717, 1.165) is 0 Å². The molecule has 0 bridgehead atoms. The maximum Gasteiger partial charge on any atom is 0.300 e. The molecule has 0 radical (unpaired) electrons. The molecule has 0 aromatic heterocycles. The summed E-state index contributed by atoms with van der Waals surface area (Å²) in [6.07, 6.45) is 0.163. The van der Waals surface area contributed by atoms with Crippen LogP contribution in [0.2, 0.25) is 5.02 Å². The van der Waals surface area contributed by atoms with E-state index in [1.165, 1.54) is 30.1 Å². The summed E-state index contributed by atoms with van der Waals surface area (Å²) in [6, 6.07) is 6.07. The van der Waals surface area contributed by atoms with Crippen molar-refractivity contribution >= 4 is 23.2 Å². The summed E-state index contributed by atoms with van der Waals surface area (Å²) in [5, 5.41) is 19.2. The second-order valence-corrected chi connectivity index (χ2v) is 3.94. The summed E-state index contributed by atoms with van der Waals surface area (Å²) in [4.78, 5) is 23.4. The lowest BCUT2D eigenvalue weighted by Gasteiger charge is -2.15. The lowest BCUT2D eigenvalue weighted by atomic mass is 10.1. The summed E-state index contributed by atoms with van der Waals surface area (Å²) in [7, 11) is 1.48. The van der Waals surface area contributed by atoms with Gasteiger partial charge in [0, 0.05) is 13.6 Å². The Kier molecular flexibility index (Phi) is 4.63. The second-order valence-electron chi connectivity index (χ2n) is 3.53. The standard InChI is InChI=1S/C11H10ClN3O3/c1-14(7-3-6-13)11(16)8-4-2-5-9(12)10(8)15(17)18/h2,4-5H,3,7H2,1H3. The normalized spacial score (nSPS) is 9.61. The Bertz CT molecular complexity index is 525. The number of nitrogens with zero attached hydrogens (tertiary/aromatic N) is 3. The fraction of sp³-hybridized carbons (Fsp3) is 0.273. The fourth-order valence-corrected chi connectivity index (χ4v) is 1.64. The van der Waals surface area contributed by atoms with Crippen LogP contribution in [0.3, 0.4) is 0 Å². The Balaban J connectivity index is 3.10. The molecule has 0 N–H and O–H groups in total. The van der Waals surface area contributed by atoms with Gasteiger partial charge in [-0.2, -0.15) is 5.26 Å². The third-order valence-electron chi connectivity index (χ3n) is 2.31. The Morgan fingerprint density at radius 1 is 1.61 bits per heavy atom. The third-order valence-corrected chi connectivity index (χ3v) is 2.61. The van der Waals surface area contributed by atoms with Crippen LogP contribution in [0.15, 0.2) is 18.2 Å². The molecule has 0 heterocycles. The minimum atomic E-state index is -0.687. The number of benzene rings is 1. The number of hydrogen-bond donors (Lipinski definition) is 0. The minimum Gasteiger partial charge on any atom is -0.340 e. The van der Waals surface area contributed by atoms with Crippen molar-refractivity contribution in [1.29, 1.82) is 5.26 Å². The van der Waals surface area contributed by atoms with Gasteiger partial charge in [-0.15, -0.1) is 0 Å². The summed E-state index contributed by atoms with van der Waals surface area (Å²) >= 11 is 5.71. The van der Waals surface area contributed by atoms with Gasteiger partial charge < -0.3 is 4.90 Å². The van der Waals surface area contributed by atoms with E-state index in [0.29, 0.717) is 0 Å². The number of carbonyl (C=O) groups excluding carboxylic acids is 1. The number of halogens is 1. The lowest BCUT2D eigenvalue weighted by Crippen LogP contribution is -2.28. The van der Waals surface area contributed by atoms with Gasteiger partial charge in [0.15, 0.2) is 0 Å². The quantitative estimate of drug-likeness (QED) is 0.618. The van der Waals surface area contributed by atoms with Crippen LogP contribution < -0.4 is 0 Å². The molecular weight excluding hydrogens is 258 g/mol. The molecule has 0 aliphatic carbocycles. The first-order chi connectivity index (χ1) is 8.49. The van der Waals surface area contributed by atoms with Crippen LogP contribution in [0.1, 0.15) is 16.8 Å². The van der Waals surface area contributed by atoms with Crippen LogP contribution in [0.25, 0.3) is 0 Å². The lowest BCUT2D eigenvalue weighted by molar-refractivity contribution is -0.385. The Morgan fingerprint density at radius 2 is 2.28 bits per heavy atom. The average Bonchev–Trinajstić information content (AvgIpc) is 2.34. The largest absolute Gasteiger partial charge is 0.340 e. The third kappa shape index (κ3) is 2.96. The smallest absolute Gasteiger partial charge is 0.300 e. The van der Waals surface area contributed by atoms with Crippen LogP contribution in [0, 0.1) is 21.4 Å². The topological polar surface area (TPSA) is 87.2 Å². The van der Waals surface area contributed by atoms with Crippen LogP contribution in [0.5, 0.6) is 0 Å². The maximum atomic E-state index is 12.0. The number of hydrogen-bond acceptors (Lipinski definition) is 4. The molecule has 7 heteroatoms. The van der Waals surface area contributed by atoms with Crippen molar-refractivity contribution in [1.82, 2.24) is 4.90 Å². The molecule has 0 spiro atoms. The highest BCUT2D eigenvalue weighted by atomic mass is 35.5. The Hall–Kier alpha value is -2.13. The van der Waals surface area contributed by atoms with Crippen molar-refractivity contribution in [3.8, 4) is 6.07 Å². The number of para-hydroxylation sites is 1. The molecule has 1 rings (SSSR count). The van der Waals surface area contributed by atoms with Crippen LogP contribution in [0.4, 0.5) is 5.69 Å². The summed E-state index contributed by atoms with van der Waals surface area (Å²) < 4.78 is 0. The zero-order valence-electron chi connectivity index (χ0n) is 9.59. The van der Waals surface area contributed by atoms with Gasteiger partial charge in [0.05, 0.1) is 17.4 Å². The molecule has 0 aliphatic rings. The fourth-order valence-electron chi connectivity index (χ4n) is 1.40. The van der Waals surface area contributed by atoms with Crippen LogP contribution in [-0.2, 0) is 0 Å². The van der Waals surface area contributed by atoms with Gasteiger partial charge >= 0.3 is 5.69 Å². The van der Waals surface area contributed by atoms with Crippen molar-refractivity contribution in [3.63, 3.8) is 0 Å². The van der Waals surface area contributed by atoms with Gasteiger partial charge in [0.2, 0.25) is 0 Å². The minimum absolute atomic E-state index is 0.0760. The molecule has 18 heavy (non-hydrogen) atoms. The molecule has 94 valence electrons. The van der Waals surface area contributed by atoms with Gasteiger partial charge in [-0.3, -0.25) is 14.9 Å². The highest BCUT2D eigenvalue weighted by molar-refractivity contribution is 6.33. The molecule has 0 saturated carbocycles. The molecule has 0 saturated heterocycles. The zero-order chi connectivity index (χ0) is 13.7. The number of rotatable bonds is 4. The SMILES string of the molecule is CN(CCC#N)C(=O)c1cccc(Cl)c1[N+](=O)[O-]. The van der Waals surface area contributed by atoms with Crippen molar-refractivity contribution in [2.45, 2.75) is 6.42 Å². The van der Waals surface area contributed by atoms with Gasteiger partial charge in [0.1, 0.15) is 10.6 Å². The summed E-state index contributed by atoms with van der Waals surface area (Å²) in [5.41, 5.74) is -0.485. The number of nitro benzene ring substituents is 1. The van der Waals surface area contributed by atoms with E-state index in [9.17, 15) is 14.9 Å². The van der Waals surface area contributed by atoms with Crippen molar-refractivity contribution in [2.75, 3.05) is 13.6 Å². The highest BCUT2D eigenvalue weighted by Crippen LogP contribution is 2.28. The Labute approximate surface area is 109 Å².